The van der Waals surface area contributed by atoms with Crippen LogP contribution in [0.4, 0.5) is 26.3 Å². The predicted octanol–water partition coefficient (Wildman–Crippen LogP) is 17.5. The summed E-state index contributed by atoms with van der Waals surface area (Å²) in [7, 11) is 0. The first-order valence-corrected chi connectivity index (χ1v) is 23.7. The summed E-state index contributed by atoms with van der Waals surface area (Å²) in [6.07, 6.45) is 24.9. The fraction of sp³-hybridized carbons (Fsp3) is 0.545. The van der Waals surface area contributed by atoms with E-state index in [0.717, 1.165) is 72.3 Å². The van der Waals surface area contributed by atoms with Crippen LogP contribution >= 0.6 is 54.5 Å². The number of unbranched alkanes of at least 4 members (excludes halogenated alkanes) is 18. The molecule has 306 valence electrons. The molecule has 3 heterocycles. The molecule has 0 unspecified atom stereocenters. The number of aryl methyl sites for hydroxylation is 2. The van der Waals surface area contributed by atoms with E-state index in [0.29, 0.717) is 20.4 Å². The second-order valence-electron chi connectivity index (χ2n) is 14.9. The quantitative estimate of drug-likeness (QED) is 0.0267. The summed E-state index contributed by atoms with van der Waals surface area (Å²) in [5.41, 5.74) is -3.11. The standard InChI is InChI=1S/C44H52Br2F6N2S2/c1-3-5-7-9-11-13-15-17-19-21-23-27-25-29(55-43(27)45)31-33(47)37(51)41-39(35(31)49)53-42-38(52)34(48)32(36(50)40(42)54-41)30-26-28(44(46)56-30)24-22-20-18-16-14-12-10-8-6-4-2/h25-26H,3-24H2,1-2H3. The third kappa shape index (κ3) is 11.2. The maximum absolute atomic E-state index is 16.1. The van der Waals surface area contributed by atoms with E-state index in [1.165, 1.54) is 89.9 Å². The zero-order chi connectivity index (χ0) is 40.2. The van der Waals surface area contributed by atoms with Gasteiger partial charge in [-0.25, -0.2) is 36.3 Å². The summed E-state index contributed by atoms with van der Waals surface area (Å²) in [6, 6.07) is 3.22. The number of fused-ring (bicyclic) bond motifs is 2. The van der Waals surface area contributed by atoms with Crippen LogP contribution in [0.25, 0.3) is 42.9 Å². The highest BCUT2D eigenvalue weighted by Crippen LogP contribution is 2.44. The molecule has 12 heteroatoms. The topological polar surface area (TPSA) is 25.8 Å². The van der Waals surface area contributed by atoms with Gasteiger partial charge in [-0.05, 0) is 80.8 Å². The largest absolute Gasteiger partial charge is 0.238 e. The van der Waals surface area contributed by atoms with Crippen molar-refractivity contribution < 1.29 is 26.3 Å². The molecule has 0 aliphatic heterocycles. The van der Waals surface area contributed by atoms with Crippen LogP contribution in [0.1, 0.15) is 153 Å². The Labute approximate surface area is 352 Å². The molecule has 0 atom stereocenters. The summed E-state index contributed by atoms with van der Waals surface area (Å²) in [6.45, 7) is 4.42. The van der Waals surface area contributed by atoms with Gasteiger partial charge in [-0.15, -0.1) is 22.7 Å². The van der Waals surface area contributed by atoms with E-state index >= 15 is 26.3 Å². The molecule has 0 saturated carbocycles. The molecular formula is C44H52Br2F6N2S2. The number of halogens is 8. The summed E-state index contributed by atoms with van der Waals surface area (Å²) < 4.78 is 96.4. The average molecular weight is 947 g/mol. The van der Waals surface area contributed by atoms with E-state index in [4.69, 9.17) is 0 Å². The highest BCUT2D eigenvalue weighted by Gasteiger charge is 2.30. The smallest absolute Gasteiger partial charge is 0.187 e. The Morgan fingerprint density at radius 1 is 0.411 bits per heavy atom. The van der Waals surface area contributed by atoms with Gasteiger partial charge in [0.25, 0.3) is 0 Å². The molecule has 0 spiro atoms. The van der Waals surface area contributed by atoms with Crippen molar-refractivity contribution >= 4 is 76.6 Å². The predicted molar refractivity (Wildman–Crippen MR) is 230 cm³/mol. The lowest BCUT2D eigenvalue weighted by molar-refractivity contribution is 0.503. The van der Waals surface area contributed by atoms with Gasteiger partial charge in [0.15, 0.2) is 34.9 Å². The first kappa shape index (κ1) is 45.1. The number of hydrogen-bond acceptors (Lipinski definition) is 4. The van der Waals surface area contributed by atoms with Crippen LogP contribution in [0.2, 0.25) is 0 Å². The number of aromatic nitrogens is 2. The van der Waals surface area contributed by atoms with Crippen LogP contribution in [0.3, 0.4) is 0 Å². The van der Waals surface area contributed by atoms with Gasteiger partial charge in [-0.2, -0.15) is 0 Å². The van der Waals surface area contributed by atoms with Crippen LogP contribution in [-0.2, 0) is 12.8 Å². The van der Waals surface area contributed by atoms with Gasteiger partial charge in [-0.1, -0.05) is 129 Å². The minimum absolute atomic E-state index is 0.113. The molecule has 0 saturated heterocycles. The van der Waals surface area contributed by atoms with Crippen molar-refractivity contribution in [1.29, 1.82) is 0 Å². The SMILES string of the molecule is CCCCCCCCCCCCc1cc(-c2c(F)c(F)c3nc4c(F)c(-c5cc(CCCCCCCCCCCC)c(Br)s5)c(F)c(F)c4nc3c2F)sc1Br. The molecule has 0 bridgehead atoms. The van der Waals surface area contributed by atoms with E-state index in [-0.39, 0.29) is 9.75 Å². The minimum atomic E-state index is -1.55. The maximum atomic E-state index is 16.1. The monoisotopic (exact) mass is 944 g/mol. The first-order chi connectivity index (χ1) is 27.1. The van der Waals surface area contributed by atoms with Gasteiger partial charge in [0.05, 0.1) is 18.7 Å². The van der Waals surface area contributed by atoms with E-state index in [1.54, 1.807) is 12.1 Å². The van der Waals surface area contributed by atoms with Crippen LogP contribution in [0, 0.1) is 34.9 Å². The molecule has 5 rings (SSSR count). The normalized spacial score (nSPS) is 11.9. The molecule has 0 amide bonds. The number of thiophene rings is 2. The van der Waals surface area contributed by atoms with Crippen LogP contribution in [0.5, 0.6) is 0 Å². The van der Waals surface area contributed by atoms with E-state index < -0.39 is 68.1 Å². The first-order valence-electron chi connectivity index (χ1n) is 20.5. The molecule has 0 aliphatic carbocycles. The highest BCUT2D eigenvalue weighted by molar-refractivity contribution is 9.11. The van der Waals surface area contributed by atoms with E-state index in [9.17, 15) is 0 Å². The molecule has 0 fully saturated rings. The van der Waals surface area contributed by atoms with Crippen molar-refractivity contribution in [2.45, 2.75) is 155 Å². The Kier molecular flexibility index (Phi) is 18.0. The maximum Gasteiger partial charge on any atom is 0.187 e. The Balaban J connectivity index is 1.31. The van der Waals surface area contributed by atoms with Crippen LogP contribution in [0.15, 0.2) is 19.7 Å². The van der Waals surface area contributed by atoms with Gasteiger partial charge in [0.1, 0.15) is 22.1 Å². The molecule has 5 aromatic rings. The number of nitrogens with zero attached hydrogens (tertiary/aromatic N) is 2. The fourth-order valence-corrected chi connectivity index (χ4v) is 11.0. The Hall–Kier alpha value is -2.02. The van der Waals surface area contributed by atoms with Gasteiger partial charge in [0.2, 0.25) is 0 Å². The van der Waals surface area contributed by atoms with Crippen molar-refractivity contribution in [2.24, 2.45) is 0 Å². The fourth-order valence-electron chi connectivity index (χ4n) is 7.34. The Bertz CT molecular complexity index is 1920. The summed E-state index contributed by atoms with van der Waals surface area (Å²) in [5.74, 6) is -8.68. The number of benzene rings is 2. The summed E-state index contributed by atoms with van der Waals surface area (Å²) in [4.78, 5) is 7.94. The molecule has 3 aromatic heterocycles. The number of rotatable bonds is 24. The lowest BCUT2D eigenvalue weighted by Crippen LogP contribution is -2.05. The third-order valence-electron chi connectivity index (χ3n) is 10.6. The van der Waals surface area contributed by atoms with Gasteiger partial charge < -0.3 is 0 Å². The van der Waals surface area contributed by atoms with Crippen molar-refractivity contribution in [3.8, 4) is 20.9 Å². The molecular weight excluding hydrogens is 894 g/mol. The van der Waals surface area contributed by atoms with Crippen molar-refractivity contribution in [1.82, 2.24) is 9.97 Å². The Morgan fingerprint density at radius 3 is 1.02 bits per heavy atom. The van der Waals surface area contributed by atoms with Gasteiger partial charge in [0, 0.05) is 9.75 Å². The molecule has 2 aromatic carbocycles. The van der Waals surface area contributed by atoms with Gasteiger partial charge >= 0.3 is 0 Å². The Morgan fingerprint density at radius 2 is 0.696 bits per heavy atom. The van der Waals surface area contributed by atoms with Crippen molar-refractivity contribution in [3.05, 3.63) is 65.7 Å². The summed E-state index contributed by atoms with van der Waals surface area (Å²) >= 11 is 9.08. The van der Waals surface area contributed by atoms with Crippen molar-refractivity contribution in [2.75, 3.05) is 0 Å². The lowest BCUT2D eigenvalue weighted by Gasteiger charge is -2.12. The van der Waals surface area contributed by atoms with Crippen LogP contribution in [-0.4, -0.2) is 9.97 Å². The van der Waals surface area contributed by atoms with Crippen molar-refractivity contribution in [3.63, 3.8) is 0 Å². The van der Waals surface area contributed by atoms with E-state index in [2.05, 4.69) is 55.7 Å². The highest BCUT2D eigenvalue weighted by atomic mass is 79.9. The molecule has 0 N–H and O–H groups in total. The lowest BCUT2D eigenvalue weighted by atomic mass is 10.0. The van der Waals surface area contributed by atoms with E-state index in [1.807, 2.05) is 0 Å². The zero-order valence-electron chi connectivity index (χ0n) is 32.4. The molecule has 2 nitrogen and oxygen atoms in total. The number of hydrogen-bond donors (Lipinski definition) is 0. The second kappa shape index (κ2) is 22.4. The average Bonchev–Trinajstić information content (AvgIpc) is 3.74. The van der Waals surface area contributed by atoms with Gasteiger partial charge in [-0.3, -0.25) is 0 Å². The molecule has 0 aliphatic rings. The van der Waals surface area contributed by atoms with Crippen LogP contribution < -0.4 is 0 Å². The molecule has 56 heavy (non-hydrogen) atoms. The second-order valence-corrected chi connectivity index (χ2v) is 19.7. The minimum Gasteiger partial charge on any atom is -0.238 e. The molecule has 0 radical (unpaired) electrons. The third-order valence-corrected chi connectivity index (χ3v) is 14.6. The summed E-state index contributed by atoms with van der Waals surface area (Å²) in [5, 5.41) is 0. The zero-order valence-corrected chi connectivity index (χ0v) is 37.3.